The molecule has 0 radical (unpaired) electrons. The molecule has 3 rings (SSSR count). The third kappa shape index (κ3) is 2.34. The number of aliphatic carboxylic acids is 1. The minimum atomic E-state index is -0.905. The summed E-state index contributed by atoms with van der Waals surface area (Å²) in [4.78, 5) is 25.9. The van der Waals surface area contributed by atoms with E-state index in [4.69, 9.17) is 4.42 Å². The van der Waals surface area contributed by atoms with Gasteiger partial charge in [0.2, 0.25) is 0 Å². The zero-order chi connectivity index (χ0) is 15.1. The molecular weight excluding hydrogens is 270 g/mol. The summed E-state index contributed by atoms with van der Waals surface area (Å²) in [5.41, 5.74) is 0.921. The number of furan rings is 1. The predicted molar refractivity (Wildman–Crippen MR) is 76.1 cm³/mol. The molecule has 5 nitrogen and oxygen atoms in total. The average molecular weight is 291 g/mol. The molecule has 114 valence electrons. The number of carbonyl (C=O) groups is 2. The van der Waals surface area contributed by atoms with Gasteiger partial charge in [0.15, 0.2) is 5.76 Å². The van der Waals surface area contributed by atoms with E-state index in [0.29, 0.717) is 18.1 Å². The summed E-state index contributed by atoms with van der Waals surface area (Å²) in [5.74, 6) is 0.124. The van der Waals surface area contributed by atoms with Gasteiger partial charge in [0, 0.05) is 6.04 Å². The van der Waals surface area contributed by atoms with Gasteiger partial charge in [-0.3, -0.25) is 4.79 Å². The van der Waals surface area contributed by atoms with Crippen molar-refractivity contribution in [3.05, 3.63) is 23.2 Å². The SMILES string of the molecule is Cc1cc(C(=O)N2[C@H](C(=O)O)C[C@@H]3CCCC[C@@H]32)oc1C. The van der Waals surface area contributed by atoms with E-state index in [1.807, 2.05) is 13.8 Å². The third-order valence-corrected chi connectivity index (χ3v) is 4.98. The first-order valence-electron chi connectivity index (χ1n) is 7.61. The van der Waals surface area contributed by atoms with E-state index in [2.05, 4.69) is 0 Å². The Kier molecular flexibility index (Phi) is 3.51. The van der Waals surface area contributed by atoms with Gasteiger partial charge in [0.25, 0.3) is 5.91 Å². The highest BCUT2D eigenvalue weighted by Gasteiger charge is 2.48. The van der Waals surface area contributed by atoms with Gasteiger partial charge in [-0.15, -0.1) is 0 Å². The van der Waals surface area contributed by atoms with Gasteiger partial charge >= 0.3 is 5.97 Å². The van der Waals surface area contributed by atoms with Crippen LogP contribution < -0.4 is 0 Å². The Morgan fingerprint density at radius 3 is 2.62 bits per heavy atom. The van der Waals surface area contributed by atoms with Crippen molar-refractivity contribution < 1.29 is 19.1 Å². The molecule has 1 N–H and O–H groups in total. The van der Waals surface area contributed by atoms with Crippen LogP contribution in [-0.4, -0.2) is 34.0 Å². The van der Waals surface area contributed by atoms with Crippen LogP contribution in [0.15, 0.2) is 10.5 Å². The summed E-state index contributed by atoms with van der Waals surface area (Å²) in [6.07, 6.45) is 4.69. The van der Waals surface area contributed by atoms with Crippen LogP contribution in [0.5, 0.6) is 0 Å². The van der Waals surface area contributed by atoms with Gasteiger partial charge in [-0.2, -0.15) is 0 Å². The zero-order valence-electron chi connectivity index (χ0n) is 12.5. The van der Waals surface area contributed by atoms with Crippen molar-refractivity contribution >= 4 is 11.9 Å². The fourth-order valence-electron chi connectivity index (χ4n) is 3.78. The van der Waals surface area contributed by atoms with E-state index in [1.54, 1.807) is 11.0 Å². The van der Waals surface area contributed by atoms with Gasteiger partial charge in [-0.25, -0.2) is 4.79 Å². The molecule has 1 aromatic heterocycles. The van der Waals surface area contributed by atoms with Crippen LogP contribution in [0.4, 0.5) is 0 Å². The molecule has 0 spiro atoms. The molecule has 1 amide bonds. The first-order valence-corrected chi connectivity index (χ1v) is 7.61. The highest BCUT2D eigenvalue weighted by atomic mass is 16.4. The number of hydrogen-bond donors (Lipinski definition) is 1. The number of carbonyl (C=O) groups excluding carboxylic acids is 1. The van der Waals surface area contributed by atoms with Crippen molar-refractivity contribution in [3.63, 3.8) is 0 Å². The molecule has 1 saturated carbocycles. The molecule has 1 aliphatic heterocycles. The van der Waals surface area contributed by atoms with E-state index < -0.39 is 12.0 Å². The summed E-state index contributed by atoms with van der Waals surface area (Å²) in [7, 11) is 0. The van der Waals surface area contributed by atoms with Gasteiger partial charge in [0.1, 0.15) is 11.8 Å². The predicted octanol–water partition coefficient (Wildman–Crippen LogP) is 2.75. The van der Waals surface area contributed by atoms with Crippen molar-refractivity contribution in [3.8, 4) is 0 Å². The van der Waals surface area contributed by atoms with Crippen LogP contribution in [0.3, 0.4) is 0 Å². The molecule has 0 unspecified atom stereocenters. The lowest BCUT2D eigenvalue weighted by Gasteiger charge is -2.32. The minimum absolute atomic E-state index is 0.0538. The number of fused-ring (bicyclic) bond motifs is 1. The van der Waals surface area contributed by atoms with Crippen molar-refractivity contribution in [1.82, 2.24) is 4.90 Å². The maximum atomic E-state index is 12.8. The summed E-state index contributed by atoms with van der Waals surface area (Å²) < 4.78 is 5.51. The Morgan fingerprint density at radius 2 is 2.00 bits per heavy atom. The van der Waals surface area contributed by atoms with Crippen LogP contribution in [-0.2, 0) is 4.79 Å². The number of carboxylic acids is 1. The summed E-state index contributed by atoms with van der Waals surface area (Å²) in [5, 5.41) is 9.46. The second kappa shape index (κ2) is 5.20. The van der Waals surface area contributed by atoms with Crippen molar-refractivity contribution in [2.45, 2.75) is 58.0 Å². The van der Waals surface area contributed by atoms with E-state index in [9.17, 15) is 14.7 Å². The fraction of sp³-hybridized carbons (Fsp3) is 0.625. The number of amides is 1. The van der Waals surface area contributed by atoms with E-state index in [1.165, 1.54) is 0 Å². The Balaban J connectivity index is 1.92. The van der Waals surface area contributed by atoms with E-state index in [-0.39, 0.29) is 17.7 Å². The van der Waals surface area contributed by atoms with Crippen molar-refractivity contribution in [2.75, 3.05) is 0 Å². The summed E-state index contributed by atoms with van der Waals surface area (Å²) in [6, 6.07) is 1.06. The van der Waals surface area contributed by atoms with Gasteiger partial charge in [0.05, 0.1) is 0 Å². The number of likely N-dealkylation sites (tertiary alicyclic amines) is 1. The minimum Gasteiger partial charge on any atom is -0.480 e. The third-order valence-electron chi connectivity index (χ3n) is 4.98. The summed E-state index contributed by atoms with van der Waals surface area (Å²) in [6.45, 7) is 3.70. The van der Waals surface area contributed by atoms with Crippen LogP contribution in [0, 0.1) is 19.8 Å². The smallest absolute Gasteiger partial charge is 0.326 e. The average Bonchev–Trinajstić information content (AvgIpc) is 2.99. The number of rotatable bonds is 2. The van der Waals surface area contributed by atoms with Crippen LogP contribution >= 0.6 is 0 Å². The number of hydrogen-bond acceptors (Lipinski definition) is 3. The number of carboxylic acid groups (broad SMARTS) is 1. The van der Waals surface area contributed by atoms with Gasteiger partial charge < -0.3 is 14.4 Å². The molecule has 5 heteroatoms. The largest absolute Gasteiger partial charge is 0.480 e. The van der Waals surface area contributed by atoms with Crippen molar-refractivity contribution in [2.24, 2.45) is 5.92 Å². The van der Waals surface area contributed by atoms with E-state index >= 15 is 0 Å². The molecule has 3 atom stereocenters. The number of nitrogens with zero attached hydrogens (tertiary/aromatic N) is 1. The molecule has 21 heavy (non-hydrogen) atoms. The molecule has 2 aliphatic rings. The standard InChI is InChI=1S/C16H21NO4/c1-9-7-14(21-10(9)2)15(18)17-12-6-4-3-5-11(12)8-13(17)16(19)20/h7,11-13H,3-6,8H2,1-2H3,(H,19,20)/t11-,12-,13-/m0/s1. The van der Waals surface area contributed by atoms with Crippen LogP contribution in [0.25, 0.3) is 0 Å². The molecular formula is C16H21NO4. The zero-order valence-corrected chi connectivity index (χ0v) is 12.5. The fourth-order valence-corrected chi connectivity index (χ4v) is 3.78. The lowest BCUT2D eigenvalue weighted by Crippen LogP contribution is -2.46. The van der Waals surface area contributed by atoms with Crippen LogP contribution in [0.1, 0.15) is 54.0 Å². The quantitative estimate of drug-likeness (QED) is 0.909. The van der Waals surface area contributed by atoms with E-state index in [0.717, 1.165) is 31.2 Å². The lowest BCUT2D eigenvalue weighted by atomic mass is 9.84. The van der Waals surface area contributed by atoms with Gasteiger partial charge in [-0.05, 0) is 50.7 Å². The van der Waals surface area contributed by atoms with Crippen molar-refractivity contribution in [1.29, 1.82) is 0 Å². The monoisotopic (exact) mass is 291 g/mol. The molecule has 0 bridgehead atoms. The number of aryl methyl sites for hydroxylation is 2. The molecule has 1 aliphatic carbocycles. The Labute approximate surface area is 123 Å². The second-order valence-electron chi connectivity index (χ2n) is 6.26. The topological polar surface area (TPSA) is 70.8 Å². The maximum absolute atomic E-state index is 12.8. The van der Waals surface area contributed by atoms with Crippen LogP contribution in [0.2, 0.25) is 0 Å². The molecule has 1 saturated heterocycles. The molecule has 0 aromatic carbocycles. The highest BCUT2D eigenvalue weighted by molar-refractivity contribution is 5.95. The normalized spacial score (nSPS) is 28.5. The molecule has 2 heterocycles. The Morgan fingerprint density at radius 1 is 1.29 bits per heavy atom. The maximum Gasteiger partial charge on any atom is 0.326 e. The first-order chi connectivity index (χ1) is 9.99. The molecule has 2 fully saturated rings. The second-order valence-corrected chi connectivity index (χ2v) is 6.26. The lowest BCUT2D eigenvalue weighted by molar-refractivity contribution is -0.141. The Bertz CT molecular complexity index is 557. The first kappa shape index (κ1) is 14.2. The Hall–Kier alpha value is -1.78. The summed E-state index contributed by atoms with van der Waals surface area (Å²) >= 11 is 0. The molecule has 1 aromatic rings. The highest BCUT2D eigenvalue weighted by Crippen LogP contribution is 2.40. The van der Waals surface area contributed by atoms with Gasteiger partial charge in [-0.1, -0.05) is 12.8 Å².